The van der Waals surface area contributed by atoms with Gasteiger partial charge < -0.3 is 19.7 Å². The number of thioether (sulfide) groups is 1. The van der Waals surface area contributed by atoms with E-state index in [1.165, 1.54) is 11.8 Å². The molecule has 31 heavy (non-hydrogen) atoms. The van der Waals surface area contributed by atoms with E-state index in [1.807, 2.05) is 62.4 Å². The largest absolute Gasteiger partial charge is 0.497 e. The van der Waals surface area contributed by atoms with Gasteiger partial charge in [-0.05, 0) is 56.2 Å². The zero-order valence-corrected chi connectivity index (χ0v) is 19.7. The SMILES string of the molecule is COc1ccc(CSCC(=O)N(Cc2ccc(OC)cc2)[C@H](C)C(=O)NC(C)C)cc1. The predicted octanol–water partition coefficient (Wildman–Crippen LogP) is 3.88. The molecule has 1 N–H and O–H groups in total. The fourth-order valence-electron chi connectivity index (χ4n) is 2.98. The van der Waals surface area contributed by atoms with E-state index in [2.05, 4.69) is 5.32 Å². The van der Waals surface area contributed by atoms with E-state index in [-0.39, 0.29) is 17.9 Å². The molecule has 0 unspecified atom stereocenters. The summed E-state index contributed by atoms with van der Waals surface area (Å²) in [6.45, 7) is 5.95. The van der Waals surface area contributed by atoms with Crippen LogP contribution in [0.25, 0.3) is 0 Å². The van der Waals surface area contributed by atoms with Gasteiger partial charge in [0.2, 0.25) is 11.8 Å². The van der Waals surface area contributed by atoms with Crippen LogP contribution in [0.2, 0.25) is 0 Å². The van der Waals surface area contributed by atoms with Crippen molar-refractivity contribution < 1.29 is 19.1 Å². The van der Waals surface area contributed by atoms with E-state index in [4.69, 9.17) is 9.47 Å². The molecule has 0 spiro atoms. The number of hydrogen-bond acceptors (Lipinski definition) is 5. The van der Waals surface area contributed by atoms with E-state index in [1.54, 1.807) is 26.0 Å². The van der Waals surface area contributed by atoms with Gasteiger partial charge in [-0.25, -0.2) is 0 Å². The van der Waals surface area contributed by atoms with E-state index in [0.29, 0.717) is 18.1 Å². The van der Waals surface area contributed by atoms with E-state index < -0.39 is 6.04 Å². The van der Waals surface area contributed by atoms with Crippen LogP contribution in [0.1, 0.15) is 31.9 Å². The highest BCUT2D eigenvalue weighted by Crippen LogP contribution is 2.19. The van der Waals surface area contributed by atoms with E-state index in [0.717, 1.165) is 22.6 Å². The predicted molar refractivity (Wildman–Crippen MR) is 125 cm³/mol. The minimum absolute atomic E-state index is 0.0114. The molecular weight excluding hydrogens is 412 g/mol. The first kappa shape index (κ1) is 24.6. The maximum absolute atomic E-state index is 13.1. The molecule has 2 rings (SSSR count). The highest BCUT2D eigenvalue weighted by molar-refractivity contribution is 7.99. The van der Waals surface area contributed by atoms with Gasteiger partial charge in [0, 0.05) is 18.3 Å². The molecule has 0 aromatic heterocycles. The number of hydrogen-bond donors (Lipinski definition) is 1. The Kier molecular flexibility index (Phi) is 9.72. The molecule has 2 amide bonds. The van der Waals surface area contributed by atoms with Crippen molar-refractivity contribution in [2.24, 2.45) is 0 Å². The zero-order valence-electron chi connectivity index (χ0n) is 18.9. The van der Waals surface area contributed by atoms with Crippen LogP contribution >= 0.6 is 11.8 Å². The topological polar surface area (TPSA) is 67.9 Å². The lowest BCUT2D eigenvalue weighted by atomic mass is 10.1. The molecule has 0 aliphatic carbocycles. The molecule has 0 radical (unpaired) electrons. The standard InChI is InChI=1S/C24H32N2O4S/c1-17(2)25-24(28)18(3)26(14-19-6-10-21(29-4)11-7-19)23(27)16-31-15-20-8-12-22(30-5)13-9-20/h6-13,17-18H,14-16H2,1-5H3,(H,25,28)/t18-/m1/s1. The van der Waals surface area contributed by atoms with Crippen LogP contribution in [0.5, 0.6) is 11.5 Å². The molecule has 0 aliphatic rings. The van der Waals surface area contributed by atoms with E-state index in [9.17, 15) is 9.59 Å². The monoisotopic (exact) mass is 444 g/mol. The number of methoxy groups -OCH3 is 2. The van der Waals surface area contributed by atoms with Gasteiger partial charge in [-0.15, -0.1) is 11.8 Å². The molecule has 0 heterocycles. The van der Waals surface area contributed by atoms with Gasteiger partial charge in [0.1, 0.15) is 17.5 Å². The summed E-state index contributed by atoms with van der Waals surface area (Å²) in [5.74, 6) is 2.33. The Balaban J connectivity index is 2.05. The average Bonchev–Trinajstić information content (AvgIpc) is 2.77. The summed E-state index contributed by atoms with van der Waals surface area (Å²) >= 11 is 1.53. The fraction of sp³-hybridized carbons (Fsp3) is 0.417. The van der Waals surface area contributed by atoms with Gasteiger partial charge in [-0.3, -0.25) is 9.59 Å². The number of benzene rings is 2. The molecule has 1 atom stereocenters. The minimum Gasteiger partial charge on any atom is -0.497 e. The van der Waals surface area contributed by atoms with Gasteiger partial charge >= 0.3 is 0 Å². The van der Waals surface area contributed by atoms with Crippen molar-refractivity contribution in [3.63, 3.8) is 0 Å². The van der Waals surface area contributed by atoms with Crippen molar-refractivity contribution in [3.05, 3.63) is 59.7 Å². The molecular formula is C24H32N2O4S. The summed E-state index contributed by atoms with van der Waals surface area (Å²) in [7, 11) is 3.25. The lowest BCUT2D eigenvalue weighted by Gasteiger charge is -2.29. The number of ether oxygens (including phenoxy) is 2. The van der Waals surface area contributed by atoms with Gasteiger partial charge in [-0.2, -0.15) is 0 Å². The lowest BCUT2D eigenvalue weighted by Crippen LogP contribution is -2.49. The van der Waals surface area contributed by atoms with Crippen LogP contribution in [0.15, 0.2) is 48.5 Å². The van der Waals surface area contributed by atoms with Crippen molar-refractivity contribution in [2.45, 2.75) is 45.2 Å². The molecule has 2 aromatic carbocycles. The number of nitrogens with one attached hydrogen (secondary N) is 1. The average molecular weight is 445 g/mol. The summed E-state index contributed by atoms with van der Waals surface area (Å²) in [5.41, 5.74) is 2.06. The van der Waals surface area contributed by atoms with Crippen LogP contribution in [0, 0.1) is 0 Å². The van der Waals surface area contributed by atoms with Crippen molar-refractivity contribution in [1.29, 1.82) is 0 Å². The van der Waals surface area contributed by atoms with Crippen LogP contribution in [-0.4, -0.2) is 48.8 Å². The highest BCUT2D eigenvalue weighted by Gasteiger charge is 2.26. The molecule has 0 aliphatic heterocycles. The van der Waals surface area contributed by atoms with Crippen molar-refractivity contribution in [2.75, 3.05) is 20.0 Å². The molecule has 0 bridgehead atoms. The summed E-state index contributed by atoms with van der Waals surface area (Å²) in [4.78, 5) is 27.3. The highest BCUT2D eigenvalue weighted by atomic mass is 32.2. The minimum atomic E-state index is -0.571. The first-order valence-electron chi connectivity index (χ1n) is 10.3. The third kappa shape index (κ3) is 7.83. The summed E-state index contributed by atoms with van der Waals surface area (Å²) in [6.07, 6.45) is 0. The van der Waals surface area contributed by atoms with Gasteiger partial charge in [0.25, 0.3) is 0 Å². The second-order valence-corrected chi connectivity index (χ2v) is 8.54. The second kappa shape index (κ2) is 12.2. The Labute approximate surface area is 189 Å². The molecule has 168 valence electrons. The number of amides is 2. The number of nitrogens with zero attached hydrogens (tertiary/aromatic N) is 1. The molecule has 0 fully saturated rings. The van der Waals surface area contributed by atoms with Crippen molar-refractivity contribution >= 4 is 23.6 Å². The molecule has 6 nitrogen and oxygen atoms in total. The van der Waals surface area contributed by atoms with Crippen LogP contribution in [-0.2, 0) is 21.9 Å². The normalized spacial score (nSPS) is 11.7. The fourth-order valence-corrected chi connectivity index (χ4v) is 3.85. The van der Waals surface area contributed by atoms with Crippen molar-refractivity contribution in [3.8, 4) is 11.5 Å². The second-order valence-electron chi connectivity index (χ2n) is 7.55. The number of carbonyl (C=O) groups is 2. The van der Waals surface area contributed by atoms with Gasteiger partial charge in [0.05, 0.1) is 20.0 Å². The number of carbonyl (C=O) groups excluding carboxylic acids is 2. The first-order valence-corrected chi connectivity index (χ1v) is 11.4. The smallest absolute Gasteiger partial charge is 0.242 e. The Bertz CT molecular complexity index is 838. The van der Waals surface area contributed by atoms with Gasteiger partial charge in [-0.1, -0.05) is 24.3 Å². The Hall–Kier alpha value is -2.67. The Morgan fingerprint density at radius 1 is 0.903 bits per heavy atom. The quantitative estimate of drug-likeness (QED) is 0.570. The van der Waals surface area contributed by atoms with Crippen LogP contribution in [0.3, 0.4) is 0 Å². The Morgan fingerprint density at radius 2 is 1.42 bits per heavy atom. The van der Waals surface area contributed by atoms with Crippen LogP contribution < -0.4 is 14.8 Å². The Morgan fingerprint density at radius 3 is 1.90 bits per heavy atom. The van der Waals surface area contributed by atoms with Gasteiger partial charge in [0.15, 0.2) is 0 Å². The lowest BCUT2D eigenvalue weighted by molar-refractivity contribution is -0.138. The third-order valence-electron chi connectivity index (χ3n) is 4.76. The molecule has 7 heteroatoms. The summed E-state index contributed by atoms with van der Waals surface area (Å²) in [5, 5.41) is 2.90. The molecule has 0 saturated carbocycles. The molecule has 0 saturated heterocycles. The summed E-state index contributed by atoms with van der Waals surface area (Å²) < 4.78 is 10.4. The first-order chi connectivity index (χ1) is 14.8. The maximum atomic E-state index is 13.1. The summed E-state index contributed by atoms with van der Waals surface area (Å²) in [6, 6.07) is 14.8. The maximum Gasteiger partial charge on any atom is 0.242 e. The third-order valence-corrected chi connectivity index (χ3v) is 5.75. The molecule has 2 aromatic rings. The van der Waals surface area contributed by atoms with Crippen molar-refractivity contribution in [1.82, 2.24) is 10.2 Å². The van der Waals surface area contributed by atoms with E-state index >= 15 is 0 Å². The zero-order chi connectivity index (χ0) is 22.8. The number of rotatable bonds is 11. The van der Waals surface area contributed by atoms with Crippen LogP contribution in [0.4, 0.5) is 0 Å².